The molecule has 0 aliphatic heterocycles. The summed E-state index contributed by atoms with van der Waals surface area (Å²) >= 11 is 1.67. The van der Waals surface area contributed by atoms with Gasteiger partial charge in [0.25, 0.3) is 0 Å². The standard InChI is InChI=1S/C13H19FN2O2S2/c1-19-13(5-2-6-13)9-16-20(17,18)12-7-10(8-15)3-4-11(12)14/h3-4,7,16H,2,5-6,8-9,15H2,1H3. The molecule has 0 saturated heterocycles. The van der Waals surface area contributed by atoms with Crippen LogP contribution in [-0.4, -0.2) is 26.0 Å². The molecular weight excluding hydrogens is 299 g/mol. The van der Waals surface area contributed by atoms with E-state index in [0.717, 1.165) is 25.3 Å². The number of sulfonamides is 1. The highest BCUT2D eigenvalue weighted by Gasteiger charge is 2.37. The Morgan fingerprint density at radius 2 is 2.15 bits per heavy atom. The lowest BCUT2D eigenvalue weighted by Gasteiger charge is -2.40. The van der Waals surface area contributed by atoms with Gasteiger partial charge in [0.2, 0.25) is 10.0 Å². The quantitative estimate of drug-likeness (QED) is 0.839. The molecule has 0 radical (unpaired) electrons. The summed E-state index contributed by atoms with van der Waals surface area (Å²) in [6, 6.07) is 3.93. The summed E-state index contributed by atoms with van der Waals surface area (Å²) < 4.78 is 40.7. The number of hydrogen-bond acceptors (Lipinski definition) is 4. The number of halogens is 1. The fraction of sp³-hybridized carbons (Fsp3) is 0.538. The third-order valence-electron chi connectivity index (χ3n) is 3.80. The van der Waals surface area contributed by atoms with Gasteiger partial charge in [-0.2, -0.15) is 11.8 Å². The van der Waals surface area contributed by atoms with Crippen LogP contribution < -0.4 is 10.5 Å². The normalized spacial score (nSPS) is 17.8. The molecule has 1 fully saturated rings. The number of nitrogens with two attached hydrogens (primary N) is 1. The molecule has 0 heterocycles. The Balaban J connectivity index is 2.18. The Kier molecular flexibility index (Phi) is 4.73. The first-order valence-corrected chi connectivity index (χ1v) is 9.16. The van der Waals surface area contributed by atoms with Gasteiger partial charge in [0.15, 0.2) is 0 Å². The van der Waals surface area contributed by atoms with Crippen LogP contribution in [0.25, 0.3) is 0 Å². The first-order valence-electron chi connectivity index (χ1n) is 6.46. The average molecular weight is 318 g/mol. The maximum absolute atomic E-state index is 13.7. The van der Waals surface area contributed by atoms with Crippen LogP contribution in [0, 0.1) is 5.82 Å². The third kappa shape index (κ3) is 3.16. The van der Waals surface area contributed by atoms with Crippen LogP contribution in [0.5, 0.6) is 0 Å². The Morgan fingerprint density at radius 3 is 2.65 bits per heavy atom. The van der Waals surface area contributed by atoms with E-state index in [9.17, 15) is 12.8 Å². The SMILES string of the molecule is CSC1(CNS(=O)(=O)c2cc(CN)ccc2F)CCC1. The van der Waals surface area contributed by atoms with Crippen LogP contribution in [0.1, 0.15) is 24.8 Å². The smallest absolute Gasteiger partial charge is 0.243 e. The number of nitrogens with one attached hydrogen (secondary N) is 1. The lowest BCUT2D eigenvalue weighted by atomic mass is 9.84. The molecule has 0 amide bonds. The van der Waals surface area contributed by atoms with E-state index in [0.29, 0.717) is 12.1 Å². The van der Waals surface area contributed by atoms with Crippen molar-refractivity contribution in [3.63, 3.8) is 0 Å². The predicted molar refractivity (Wildman–Crippen MR) is 79.6 cm³/mol. The number of rotatable bonds is 6. The Morgan fingerprint density at radius 1 is 1.45 bits per heavy atom. The van der Waals surface area contributed by atoms with Gasteiger partial charge in [-0.05, 0) is 36.8 Å². The van der Waals surface area contributed by atoms with E-state index in [-0.39, 0.29) is 16.2 Å². The van der Waals surface area contributed by atoms with Crippen molar-refractivity contribution < 1.29 is 12.8 Å². The molecule has 1 aliphatic carbocycles. The fourth-order valence-electron chi connectivity index (χ4n) is 2.21. The van der Waals surface area contributed by atoms with Gasteiger partial charge in [0.05, 0.1) is 0 Å². The lowest BCUT2D eigenvalue weighted by Crippen LogP contribution is -2.45. The summed E-state index contributed by atoms with van der Waals surface area (Å²) in [6.07, 6.45) is 5.06. The number of hydrogen-bond donors (Lipinski definition) is 2. The molecule has 3 N–H and O–H groups in total. The Labute approximate surface area is 123 Å². The van der Waals surface area contributed by atoms with Gasteiger partial charge < -0.3 is 5.73 Å². The van der Waals surface area contributed by atoms with E-state index < -0.39 is 15.8 Å². The minimum atomic E-state index is -3.84. The highest BCUT2D eigenvalue weighted by molar-refractivity contribution is 8.00. The van der Waals surface area contributed by atoms with Crippen molar-refractivity contribution in [3.8, 4) is 0 Å². The predicted octanol–water partition coefficient (Wildman–Crippen LogP) is 1.85. The monoisotopic (exact) mass is 318 g/mol. The van der Waals surface area contributed by atoms with E-state index >= 15 is 0 Å². The molecule has 2 rings (SSSR count). The van der Waals surface area contributed by atoms with Gasteiger partial charge in [-0.3, -0.25) is 0 Å². The van der Waals surface area contributed by atoms with Crippen LogP contribution in [0.15, 0.2) is 23.1 Å². The maximum Gasteiger partial charge on any atom is 0.243 e. The Bertz CT molecular complexity index is 581. The summed E-state index contributed by atoms with van der Waals surface area (Å²) in [4.78, 5) is -0.323. The molecule has 4 nitrogen and oxygen atoms in total. The first-order chi connectivity index (χ1) is 9.42. The summed E-state index contributed by atoms with van der Waals surface area (Å²) in [5, 5.41) is 0. The summed E-state index contributed by atoms with van der Waals surface area (Å²) in [5.74, 6) is -0.749. The van der Waals surface area contributed by atoms with Crippen LogP contribution in [-0.2, 0) is 16.6 Å². The molecule has 112 valence electrons. The largest absolute Gasteiger partial charge is 0.326 e. The van der Waals surface area contributed by atoms with Crippen molar-refractivity contribution in [2.24, 2.45) is 5.73 Å². The molecule has 0 atom stereocenters. The summed E-state index contributed by atoms with van der Waals surface area (Å²) in [7, 11) is -3.84. The summed E-state index contributed by atoms with van der Waals surface area (Å²) in [5.41, 5.74) is 6.06. The minimum Gasteiger partial charge on any atom is -0.326 e. The molecule has 0 aromatic heterocycles. The minimum absolute atomic E-state index is 0.0327. The molecule has 1 aliphatic rings. The molecule has 7 heteroatoms. The average Bonchev–Trinajstić information content (AvgIpc) is 2.38. The highest BCUT2D eigenvalue weighted by Crippen LogP contribution is 2.42. The Hall–Kier alpha value is -0.630. The summed E-state index contributed by atoms with van der Waals surface area (Å²) in [6.45, 7) is 0.514. The van der Waals surface area contributed by atoms with Crippen molar-refractivity contribution in [1.29, 1.82) is 0 Å². The van der Waals surface area contributed by atoms with Gasteiger partial charge in [0.1, 0.15) is 10.7 Å². The van der Waals surface area contributed by atoms with Crippen LogP contribution in [0.3, 0.4) is 0 Å². The zero-order valence-electron chi connectivity index (χ0n) is 11.4. The van der Waals surface area contributed by atoms with E-state index in [1.807, 2.05) is 6.26 Å². The molecule has 1 aromatic carbocycles. The van der Waals surface area contributed by atoms with Crippen molar-refractivity contribution in [2.45, 2.75) is 35.4 Å². The molecular formula is C13H19FN2O2S2. The fourth-order valence-corrected chi connectivity index (χ4v) is 4.47. The zero-order chi connectivity index (χ0) is 14.8. The van der Waals surface area contributed by atoms with Crippen LogP contribution in [0.4, 0.5) is 4.39 Å². The zero-order valence-corrected chi connectivity index (χ0v) is 13.0. The first kappa shape index (κ1) is 15.8. The second kappa shape index (κ2) is 6.01. The molecule has 0 unspecified atom stereocenters. The second-order valence-electron chi connectivity index (χ2n) is 5.03. The number of thioether (sulfide) groups is 1. The van der Waals surface area contributed by atoms with Crippen LogP contribution in [0.2, 0.25) is 0 Å². The third-order valence-corrected chi connectivity index (χ3v) is 6.64. The highest BCUT2D eigenvalue weighted by atomic mass is 32.2. The van der Waals surface area contributed by atoms with E-state index in [1.54, 1.807) is 11.8 Å². The topological polar surface area (TPSA) is 72.2 Å². The molecule has 0 bridgehead atoms. The van der Waals surface area contributed by atoms with E-state index in [4.69, 9.17) is 5.73 Å². The molecule has 0 spiro atoms. The van der Waals surface area contributed by atoms with E-state index in [1.165, 1.54) is 12.1 Å². The molecule has 1 saturated carbocycles. The van der Waals surface area contributed by atoms with Crippen LogP contribution >= 0.6 is 11.8 Å². The van der Waals surface area contributed by atoms with Gasteiger partial charge >= 0.3 is 0 Å². The van der Waals surface area contributed by atoms with Crippen molar-refractivity contribution >= 4 is 21.8 Å². The van der Waals surface area contributed by atoms with Gasteiger partial charge in [-0.15, -0.1) is 0 Å². The maximum atomic E-state index is 13.7. The van der Waals surface area contributed by atoms with Crippen molar-refractivity contribution in [2.75, 3.05) is 12.8 Å². The molecule has 1 aromatic rings. The lowest BCUT2D eigenvalue weighted by molar-refractivity contribution is 0.361. The molecule has 20 heavy (non-hydrogen) atoms. The van der Waals surface area contributed by atoms with Crippen molar-refractivity contribution in [1.82, 2.24) is 4.72 Å². The van der Waals surface area contributed by atoms with Gasteiger partial charge in [-0.1, -0.05) is 12.5 Å². The van der Waals surface area contributed by atoms with Gasteiger partial charge in [-0.25, -0.2) is 17.5 Å². The van der Waals surface area contributed by atoms with E-state index in [2.05, 4.69) is 4.72 Å². The number of benzene rings is 1. The van der Waals surface area contributed by atoms with Crippen molar-refractivity contribution in [3.05, 3.63) is 29.6 Å². The van der Waals surface area contributed by atoms with Gasteiger partial charge in [0, 0.05) is 17.8 Å². The second-order valence-corrected chi connectivity index (χ2v) is 8.04.